The Morgan fingerprint density at radius 1 is 1.14 bits per heavy atom. The van der Waals surface area contributed by atoms with Gasteiger partial charge in [-0.15, -0.1) is 0 Å². The molecule has 0 bridgehead atoms. The molecule has 0 aliphatic carbocycles. The zero-order valence-electron chi connectivity index (χ0n) is 11.7. The summed E-state index contributed by atoms with van der Waals surface area (Å²) in [6, 6.07) is 14.6. The van der Waals surface area contributed by atoms with Crippen LogP contribution in [0, 0.1) is 6.92 Å². The molecule has 3 N–H and O–H groups in total. The molecule has 1 heterocycles. The van der Waals surface area contributed by atoms with E-state index in [0.717, 1.165) is 22.5 Å². The van der Waals surface area contributed by atoms with Crippen LogP contribution in [0.4, 0.5) is 5.69 Å². The number of fused-ring (bicyclic) bond motifs is 1. The number of rotatable bonds is 3. The molecule has 0 aliphatic rings. The Labute approximate surface area is 122 Å². The molecule has 106 valence electrons. The van der Waals surface area contributed by atoms with Crippen LogP contribution in [-0.2, 0) is 6.61 Å². The highest BCUT2D eigenvalue weighted by molar-refractivity contribution is 5.81. The number of hydrogen-bond donors (Lipinski definition) is 2. The van der Waals surface area contributed by atoms with Crippen LogP contribution in [0.3, 0.4) is 0 Å². The van der Waals surface area contributed by atoms with Crippen molar-refractivity contribution in [2.45, 2.75) is 13.5 Å². The van der Waals surface area contributed by atoms with Gasteiger partial charge < -0.3 is 15.5 Å². The number of aromatic amines is 1. The number of nitrogens with two attached hydrogens (primary N) is 1. The molecule has 0 atom stereocenters. The Hall–Kier alpha value is -2.75. The minimum absolute atomic E-state index is 0.0566. The second kappa shape index (κ2) is 5.32. The smallest absolute Gasteiger partial charge is 0.189 e. The predicted octanol–water partition coefficient (Wildman–Crippen LogP) is 3.00. The first-order valence-corrected chi connectivity index (χ1v) is 6.73. The van der Waals surface area contributed by atoms with Crippen molar-refractivity contribution in [3.8, 4) is 5.75 Å². The van der Waals surface area contributed by atoms with Gasteiger partial charge in [-0.25, -0.2) is 0 Å². The van der Waals surface area contributed by atoms with Crippen molar-refractivity contribution in [1.82, 2.24) is 4.98 Å². The van der Waals surface area contributed by atoms with Crippen LogP contribution in [0.5, 0.6) is 5.75 Å². The summed E-state index contributed by atoms with van der Waals surface area (Å²) < 4.78 is 5.71. The van der Waals surface area contributed by atoms with Crippen LogP contribution in [-0.4, -0.2) is 4.98 Å². The lowest BCUT2D eigenvalue weighted by Gasteiger charge is -2.08. The van der Waals surface area contributed by atoms with E-state index in [-0.39, 0.29) is 5.43 Å². The van der Waals surface area contributed by atoms with Gasteiger partial charge in [0.05, 0.1) is 5.69 Å². The summed E-state index contributed by atoms with van der Waals surface area (Å²) in [5.41, 5.74) is 8.86. The predicted molar refractivity (Wildman–Crippen MR) is 84.5 cm³/mol. The molecule has 4 heteroatoms. The first kappa shape index (κ1) is 13.2. The molecular weight excluding hydrogens is 264 g/mol. The Morgan fingerprint density at radius 3 is 2.81 bits per heavy atom. The monoisotopic (exact) mass is 280 g/mol. The zero-order chi connectivity index (χ0) is 14.8. The van der Waals surface area contributed by atoms with Crippen LogP contribution in [0.1, 0.15) is 11.3 Å². The minimum Gasteiger partial charge on any atom is -0.487 e. The highest BCUT2D eigenvalue weighted by atomic mass is 16.5. The van der Waals surface area contributed by atoms with Gasteiger partial charge in [0.1, 0.15) is 12.4 Å². The van der Waals surface area contributed by atoms with Crippen molar-refractivity contribution in [3.05, 3.63) is 70.0 Å². The number of ether oxygens (including phenoxy) is 1. The lowest BCUT2D eigenvalue weighted by Crippen LogP contribution is -2.08. The number of aryl methyl sites for hydroxylation is 1. The van der Waals surface area contributed by atoms with Crippen LogP contribution in [0.25, 0.3) is 10.9 Å². The Balaban J connectivity index is 1.88. The molecular formula is C17H16N2O2. The maximum Gasteiger partial charge on any atom is 0.189 e. The molecule has 0 spiro atoms. The number of anilines is 1. The lowest BCUT2D eigenvalue weighted by atomic mass is 10.2. The number of nitrogens with one attached hydrogen (secondary N) is 1. The molecule has 21 heavy (non-hydrogen) atoms. The van der Waals surface area contributed by atoms with Crippen molar-refractivity contribution in [3.63, 3.8) is 0 Å². The zero-order valence-corrected chi connectivity index (χ0v) is 11.7. The average Bonchev–Trinajstić information content (AvgIpc) is 2.46. The number of benzene rings is 2. The number of nitrogen functional groups attached to an aromatic ring is 1. The standard InChI is InChI=1S/C17H16N2O2/c1-11-3-2-4-14(7-11)21-10-13-9-17(20)15-8-12(18)5-6-16(15)19-13/h2-9H,10,18H2,1H3,(H,19,20). The van der Waals surface area contributed by atoms with Crippen LogP contribution >= 0.6 is 0 Å². The van der Waals surface area contributed by atoms with E-state index in [9.17, 15) is 4.79 Å². The summed E-state index contributed by atoms with van der Waals surface area (Å²) >= 11 is 0. The van der Waals surface area contributed by atoms with Crippen molar-refractivity contribution in [2.24, 2.45) is 0 Å². The second-order valence-electron chi connectivity index (χ2n) is 5.07. The summed E-state index contributed by atoms with van der Waals surface area (Å²) in [4.78, 5) is 15.3. The number of hydrogen-bond acceptors (Lipinski definition) is 3. The van der Waals surface area contributed by atoms with Crippen LogP contribution in [0.2, 0.25) is 0 Å². The molecule has 1 aromatic heterocycles. The van der Waals surface area contributed by atoms with E-state index in [1.165, 1.54) is 0 Å². The molecule has 0 fully saturated rings. The SMILES string of the molecule is Cc1cccc(OCc2cc(=O)c3cc(N)ccc3[nH]2)c1. The van der Waals surface area contributed by atoms with Gasteiger partial charge in [-0.1, -0.05) is 12.1 Å². The van der Waals surface area contributed by atoms with E-state index in [2.05, 4.69) is 4.98 Å². The molecule has 0 aliphatic heterocycles. The molecule has 3 rings (SSSR count). The third kappa shape index (κ3) is 2.89. The van der Waals surface area contributed by atoms with Crippen molar-refractivity contribution < 1.29 is 4.74 Å². The van der Waals surface area contributed by atoms with Crippen molar-refractivity contribution in [2.75, 3.05) is 5.73 Å². The first-order valence-electron chi connectivity index (χ1n) is 6.73. The lowest BCUT2D eigenvalue weighted by molar-refractivity contribution is 0.301. The van der Waals surface area contributed by atoms with E-state index in [1.54, 1.807) is 18.2 Å². The maximum atomic E-state index is 12.1. The van der Waals surface area contributed by atoms with Gasteiger partial charge >= 0.3 is 0 Å². The van der Waals surface area contributed by atoms with E-state index in [1.807, 2.05) is 37.3 Å². The fourth-order valence-corrected chi connectivity index (χ4v) is 2.26. The molecule has 2 aromatic carbocycles. The Bertz CT molecular complexity index is 853. The summed E-state index contributed by atoms with van der Waals surface area (Å²) in [7, 11) is 0. The minimum atomic E-state index is -0.0566. The van der Waals surface area contributed by atoms with Crippen LogP contribution < -0.4 is 15.9 Å². The molecule has 0 saturated heterocycles. The molecule has 0 amide bonds. The van der Waals surface area contributed by atoms with E-state index >= 15 is 0 Å². The molecule has 4 nitrogen and oxygen atoms in total. The third-order valence-corrected chi connectivity index (χ3v) is 3.29. The topological polar surface area (TPSA) is 68.1 Å². The molecule has 0 radical (unpaired) electrons. The summed E-state index contributed by atoms with van der Waals surface area (Å²) in [5.74, 6) is 0.785. The number of H-pyrrole nitrogens is 1. The van der Waals surface area contributed by atoms with Gasteiger partial charge in [0.2, 0.25) is 0 Å². The number of pyridine rings is 1. The molecule has 3 aromatic rings. The fourth-order valence-electron chi connectivity index (χ4n) is 2.26. The second-order valence-corrected chi connectivity index (χ2v) is 5.07. The highest BCUT2D eigenvalue weighted by Crippen LogP contribution is 2.16. The molecule has 0 saturated carbocycles. The van der Waals surface area contributed by atoms with E-state index in [0.29, 0.717) is 17.7 Å². The van der Waals surface area contributed by atoms with Gasteiger partial charge in [0.25, 0.3) is 0 Å². The Morgan fingerprint density at radius 2 is 2.00 bits per heavy atom. The summed E-state index contributed by atoms with van der Waals surface area (Å²) in [6.45, 7) is 2.33. The Kier molecular flexibility index (Phi) is 3.36. The summed E-state index contributed by atoms with van der Waals surface area (Å²) in [6.07, 6.45) is 0. The van der Waals surface area contributed by atoms with Gasteiger partial charge in [0.15, 0.2) is 5.43 Å². The largest absolute Gasteiger partial charge is 0.487 e. The third-order valence-electron chi connectivity index (χ3n) is 3.29. The van der Waals surface area contributed by atoms with Crippen molar-refractivity contribution in [1.29, 1.82) is 0 Å². The summed E-state index contributed by atoms with van der Waals surface area (Å²) in [5, 5.41) is 0.592. The first-order chi connectivity index (χ1) is 10.1. The van der Waals surface area contributed by atoms with E-state index < -0.39 is 0 Å². The molecule has 0 unspecified atom stereocenters. The number of aromatic nitrogens is 1. The van der Waals surface area contributed by atoms with Crippen LogP contribution in [0.15, 0.2) is 53.3 Å². The van der Waals surface area contributed by atoms with Gasteiger partial charge in [-0.05, 0) is 42.8 Å². The quantitative estimate of drug-likeness (QED) is 0.725. The normalized spacial score (nSPS) is 10.7. The average molecular weight is 280 g/mol. The van der Waals surface area contributed by atoms with Gasteiger partial charge in [0, 0.05) is 22.7 Å². The van der Waals surface area contributed by atoms with Gasteiger partial charge in [-0.2, -0.15) is 0 Å². The highest BCUT2D eigenvalue weighted by Gasteiger charge is 2.04. The fraction of sp³-hybridized carbons (Fsp3) is 0.118. The maximum absolute atomic E-state index is 12.1. The van der Waals surface area contributed by atoms with E-state index in [4.69, 9.17) is 10.5 Å². The van der Waals surface area contributed by atoms with Gasteiger partial charge in [-0.3, -0.25) is 4.79 Å². The van der Waals surface area contributed by atoms with Crippen molar-refractivity contribution >= 4 is 16.6 Å².